The van der Waals surface area contributed by atoms with E-state index in [-0.39, 0.29) is 25.0 Å². The van der Waals surface area contributed by atoms with E-state index < -0.39 is 0 Å². The van der Waals surface area contributed by atoms with Crippen LogP contribution >= 0.6 is 0 Å². The largest absolute Gasteiger partial charge is 0.379 e. The van der Waals surface area contributed by atoms with Gasteiger partial charge in [-0.2, -0.15) is 0 Å². The van der Waals surface area contributed by atoms with E-state index in [2.05, 4.69) is 6.92 Å². The summed E-state index contributed by atoms with van der Waals surface area (Å²) in [6.45, 7) is 15.4. The lowest BCUT2D eigenvalue weighted by molar-refractivity contribution is -0.0291. The molecule has 0 atom stereocenters. The molecule has 0 fully saturated rings. The van der Waals surface area contributed by atoms with Crippen LogP contribution in [0.5, 0.6) is 0 Å². The molecule has 16 heteroatoms. The van der Waals surface area contributed by atoms with Crippen molar-refractivity contribution < 1.29 is 71.2 Å². The molecule has 0 aliphatic carbocycles. The molecule has 0 unspecified atom stereocenters. The van der Waals surface area contributed by atoms with E-state index in [0.29, 0.717) is 170 Å². The Kier molecular flexibility index (Phi) is 35.2. The van der Waals surface area contributed by atoms with Crippen LogP contribution in [0.4, 0.5) is 0 Å². The Morgan fingerprint density at radius 3 is 0.860 bits per heavy atom. The van der Waals surface area contributed by atoms with Crippen LogP contribution in [-0.2, 0) is 61.6 Å². The van der Waals surface area contributed by atoms with Gasteiger partial charge in [0.2, 0.25) is 0 Å². The number of carbonyl (C=O) groups excluding carboxylic acids is 2. The molecule has 1 aliphatic heterocycles. The number of amides is 2. The van der Waals surface area contributed by atoms with Gasteiger partial charge in [0, 0.05) is 6.61 Å². The highest BCUT2D eigenvalue weighted by molar-refractivity contribution is 6.21. The third kappa shape index (κ3) is 28.8. The SMILES string of the molecule is CCCCCCCOCCOCCOCCOCCOCCOCCOCCOCCOCCOCCOCCOCCOCCN1C(=O)c2ccccc2C1=O. The fourth-order valence-electron chi connectivity index (χ4n) is 5.15. The second-order valence-electron chi connectivity index (χ2n) is 12.7. The first-order valence-corrected chi connectivity index (χ1v) is 20.7. The second-order valence-corrected chi connectivity index (χ2v) is 12.7. The number of imide groups is 1. The number of ether oxygens (including phenoxy) is 13. The first-order chi connectivity index (χ1) is 28.3. The van der Waals surface area contributed by atoms with Crippen LogP contribution in [0.1, 0.15) is 59.7 Å². The molecule has 0 N–H and O–H groups in total. The summed E-state index contributed by atoms with van der Waals surface area (Å²) >= 11 is 0. The minimum Gasteiger partial charge on any atom is -0.379 e. The highest BCUT2D eigenvalue weighted by Gasteiger charge is 2.34. The minimum atomic E-state index is -0.278. The predicted octanol–water partition coefficient (Wildman–Crippen LogP) is 3.47. The monoisotopic (exact) mass is 817 g/mol. The number of nitrogens with zero attached hydrogens (tertiary/aromatic N) is 1. The van der Waals surface area contributed by atoms with Crippen molar-refractivity contribution in [1.29, 1.82) is 0 Å². The van der Waals surface area contributed by atoms with Gasteiger partial charge in [-0.05, 0) is 18.6 Å². The van der Waals surface area contributed by atoms with E-state index >= 15 is 0 Å². The Bertz CT molecular complexity index is 1030. The molecule has 0 bridgehead atoms. The lowest BCUT2D eigenvalue weighted by Crippen LogP contribution is -2.33. The smallest absolute Gasteiger partial charge is 0.261 e. The Labute approximate surface area is 340 Å². The first kappa shape index (κ1) is 51.0. The van der Waals surface area contributed by atoms with Crippen molar-refractivity contribution in [2.75, 3.05) is 178 Å². The summed E-state index contributed by atoms with van der Waals surface area (Å²) in [7, 11) is 0. The molecular formula is C41H71NO15. The molecule has 2 rings (SSSR count). The van der Waals surface area contributed by atoms with Crippen LogP contribution in [0, 0.1) is 0 Å². The summed E-state index contributed by atoms with van der Waals surface area (Å²) in [6.07, 6.45) is 6.25. The highest BCUT2D eigenvalue weighted by Crippen LogP contribution is 2.21. The van der Waals surface area contributed by atoms with Crippen molar-refractivity contribution >= 4 is 11.8 Å². The van der Waals surface area contributed by atoms with E-state index in [1.165, 1.54) is 30.6 Å². The Balaban J connectivity index is 1.14. The highest BCUT2D eigenvalue weighted by atomic mass is 16.6. The van der Waals surface area contributed by atoms with Crippen LogP contribution in [0.3, 0.4) is 0 Å². The maximum Gasteiger partial charge on any atom is 0.261 e. The number of hydrogen-bond acceptors (Lipinski definition) is 15. The average molecular weight is 818 g/mol. The molecule has 0 saturated heterocycles. The first-order valence-electron chi connectivity index (χ1n) is 20.7. The molecule has 330 valence electrons. The lowest BCUT2D eigenvalue weighted by Gasteiger charge is -2.13. The molecule has 0 radical (unpaired) electrons. The van der Waals surface area contributed by atoms with Crippen molar-refractivity contribution in [3.8, 4) is 0 Å². The van der Waals surface area contributed by atoms with Crippen LogP contribution in [0.2, 0.25) is 0 Å². The summed E-state index contributed by atoms with van der Waals surface area (Å²) in [5.41, 5.74) is 0.882. The van der Waals surface area contributed by atoms with Crippen molar-refractivity contribution in [2.45, 2.75) is 39.0 Å². The summed E-state index contributed by atoms with van der Waals surface area (Å²) in [4.78, 5) is 25.9. The molecular weight excluding hydrogens is 746 g/mol. The van der Waals surface area contributed by atoms with Crippen molar-refractivity contribution in [2.24, 2.45) is 0 Å². The van der Waals surface area contributed by atoms with Gasteiger partial charge < -0.3 is 61.6 Å². The number of benzene rings is 1. The van der Waals surface area contributed by atoms with E-state index in [9.17, 15) is 9.59 Å². The summed E-state index contributed by atoms with van der Waals surface area (Å²) in [5.74, 6) is -0.557. The van der Waals surface area contributed by atoms with Crippen molar-refractivity contribution in [3.05, 3.63) is 35.4 Å². The molecule has 1 heterocycles. The van der Waals surface area contributed by atoms with Crippen LogP contribution in [0.25, 0.3) is 0 Å². The van der Waals surface area contributed by atoms with Gasteiger partial charge in [-0.1, -0.05) is 44.7 Å². The Hall–Kier alpha value is -2.16. The lowest BCUT2D eigenvalue weighted by atomic mass is 10.1. The van der Waals surface area contributed by atoms with E-state index in [0.717, 1.165) is 13.0 Å². The fraction of sp³-hybridized carbons (Fsp3) is 0.805. The normalized spacial score (nSPS) is 12.7. The third-order valence-corrected chi connectivity index (χ3v) is 8.19. The topological polar surface area (TPSA) is 157 Å². The predicted molar refractivity (Wildman–Crippen MR) is 211 cm³/mol. The minimum absolute atomic E-state index is 0.213. The number of unbranched alkanes of at least 4 members (excludes halogenated alkanes) is 4. The molecule has 0 saturated carbocycles. The maximum atomic E-state index is 12.3. The van der Waals surface area contributed by atoms with Crippen LogP contribution in [-0.4, -0.2) is 195 Å². The number of hydrogen-bond donors (Lipinski definition) is 0. The van der Waals surface area contributed by atoms with Gasteiger partial charge >= 0.3 is 0 Å². The molecule has 16 nitrogen and oxygen atoms in total. The Morgan fingerprint density at radius 1 is 0.333 bits per heavy atom. The average Bonchev–Trinajstić information content (AvgIpc) is 3.47. The number of carbonyl (C=O) groups is 2. The maximum absolute atomic E-state index is 12.3. The number of rotatable bonds is 45. The number of fused-ring (bicyclic) bond motifs is 1. The summed E-state index contributed by atoms with van der Waals surface area (Å²) in [5, 5.41) is 0. The zero-order valence-corrected chi connectivity index (χ0v) is 34.5. The molecule has 0 aromatic heterocycles. The van der Waals surface area contributed by atoms with Gasteiger partial charge in [-0.25, -0.2) is 0 Å². The van der Waals surface area contributed by atoms with Gasteiger partial charge in [-0.3, -0.25) is 14.5 Å². The molecule has 0 spiro atoms. The molecule has 1 aromatic rings. The quantitative estimate of drug-likeness (QED) is 0.0696. The van der Waals surface area contributed by atoms with Crippen LogP contribution in [0.15, 0.2) is 24.3 Å². The van der Waals surface area contributed by atoms with Gasteiger partial charge in [-0.15, -0.1) is 0 Å². The third-order valence-electron chi connectivity index (χ3n) is 8.19. The fourth-order valence-corrected chi connectivity index (χ4v) is 5.15. The van der Waals surface area contributed by atoms with Gasteiger partial charge in [0.1, 0.15) is 0 Å². The van der Waals surface area contributed by atoms with Gasteiger partial charge in [0.15, 0.2) is 0 Å². The van der Waals surface area contributed by atoms with E-state index in [4.69, 9.17) is 61.6 Å². The van der Waals surface area contributed by atoms with E-state index in [1.807, 2.05) is 0 Å². The zero-order valence-electron chi connectivity index (χ0n) is 34.5. The van der Waals surface area contributed by atoms with E-state index in [1.54, 1.807) is 24.3 Å². The second kappa shape index (κ2) is 39.3. The van der Waals surface area contributed by atoms with Crippen molar-refractivity contribution in [3.63, 3.8) is 0 Å². The zero-order chi connectivity index (χ0) is 40.5. The Morgan fingerprint density at radius 2 is 0.579 bits per heavy atom. The molecule has 1 aliphatic rings. The molecule has 2 amide bonds. The van der Waals surface area contributed by atoms with Gasteiger partial charge in [0.05, 0.1) is 183 Å². The standard InChI is InChI=1S/C41H71NO15/c1-2-3-4-5-8-12-45-14-16-47-18-20-49-22-24-51-26-28-53-30-32-55-34-36-57-37-35-56-33-31-54-29-27-52-25-23-50-21-19-48-17-15-46-13-11-42-40(43)38-9-6-7-10-39(38)41(42)44/h6-7,9-10H,2-5,8,11-37H2,1H3. The molecule has 1 aromatic carbocycles. The molecule has 57 heavy (non-hydrogen) atoms. The van der Waals surface area contributed by atoms with Crippen LogP contribution < -0.4 is 0 Å². The van der Waals surface area contributed by atoms with Crippen molar-refractivity contribution in [1.82, 2.24) is 4.90 Å². The summed E-state index contributed by atoms with van der Waals surface area (Å²) in [6, 6.07) is 6.82. The van der Waals surface area contributed by atoms with Gasteiger partial charge in [0.25, 0.3) is 11.8 Å². The summed E-state index contributed by atoms with van der Waals surface area (Å²) < 4.78 is 71.5.